The average molecular weight is 450 g/mol. The summed E-state index contributed by atoms with van der Waals surface area (Å²) in [7, 11) is 0. The monoisotopic (exact) mass is 449 g/mol. The molecule has 0 aliphatic carbocycles. The van der Waals surface area contributed by atoms with Crippen molar-refractivity contribution in [3.05, 3.63) is 126 Å². The van der Waals surface area contributed by atoms with E-state index in [-0.39, 0.29) is 5.43 Å². The Morgan fingerprint density at radius 3 is 2.44 bits per heavy atom. The smallest absolute Gasteiger partial charge is 0.193 e. The standard InChI is InChI=1S/C27H21N3O2.C2H6/c1-3-9-21(4-2)29-27-16-26(32)23-17-28-24(20-11-8-10-19(14-20)18-31)15-25(23)30(27)22-12-6-5-7-13-22;1-2/h3-18,29H,1-2H2;1-2H3/b21-9+;. The fourth-order valence-corrected chi connectivity index (χ4v) is 3.53. The van der Waals surface area contributed by atoms with Crippen LogP contribution >= 0.6 is 0 Å². The van der Waals surface area contributed by atoms with Crippen LogP contribution in [0, 0.1) is 0 Å². The Morgan fingerprint density at radius 1 is 1.00 bits per heavy atom. The molecule has 0 amide bonds. The molecule has 170 valence electrons. The fourth-order valence-electron chi connectivity index (χ4n) is 3.53. The zero-order valence-electron chi connectivity index (χ0n) is 19.4. The van der Waals surface area contributed by atoms with Crippen LogP contribution in [0.25, 0.3) is 27.8 Å². The maximum Gasteiger partial charge on any atom is 0.193 e. The van der Waals surface area contributed by atoms with Crippen molar-refractivity contribution in [1.82, 2.24) is 9.55 Å². The summed E-state index contributed by atoms with van der Waals surface area (Å²) in [4.78, 5) is 28.7. The van der Waals surface area contributed by atoms with Gasteiger partial charge in [-0.05, 0) is 36.4 Å². The molecule has 1 N–H and O–H groups in total. The quantitative estimate of drug-likeness (QED) is 0.256. The number of nitrogens with one attached hydrogen (secondary N) is 1. The highest BCUT2D eigenvalue weighted by molar-refractivity contribution is 5.87. The molecule has 2 aromatic carbocycles. The molecule has 5 heteroatoms. The third-order valence-electron chi connectivity index (χ3n) is 5.02. The largest absolute Gasteiger partial charge is 0.341 e. The van der Waals surface area contributed by atoms with Crippen LogP contribution in [0.3, 0.4) is 0 Å². The molecule has 2 aromatic heterocycles. The molecular weight excluding hydrogens is 422 g/mol. The maximum absolute atomic E-state index is 13.0. The number of aromatic nitrogens is 2. The molecular formula is C29H27N3O2. The first-order valence-electron chi connectivity index (χ1n) is 11.0. The molecule has 0 saturated carbocycles. The molecule has 34 heavy (non-hydrogen) atoms. The number of pyridine rings is 2. The van der Waals surface area contributed by atoms with E-state index in [9.17, 15) is 9.59 Å². The van der Waals surface area contributed by atoms with E-state index >= 15 is 0 Å². The molecule has 2 heterocycles. The summed E-state index contributed by atoms with van der Waals surface area (Å²) >= 11 is 0. The zero-order valence-corrected chi connectivity index (χ0v) is 19.4. The minimum absolute atomic E-state index is 0.155. The van der Waals surface area contributed by atoms with Gasteiger partial charge in [0.2, 0.25) is 0 Å². The highest BCUT2D eigenvalue weighted by Gasteiger charge is 2.14. The first-order valence-corrected chi connectivity index (χ1v) is 11.0. The third kappa shape index (κ3) is 5.10. The van der Waals surface area contributed by atoms with Gasteiger partial charge in [0.05, 0.1) is 16.6 Å². The van der Waals surface area contributed by atoms with E-state index in [0.717, 1.165) is 17.5 Å². The van der Waals surface area contributed by atoms with Crippen molar-refractivity contribution < 1.29 is 4.79 Å². The molecule has 0 saturated heterocycles. The lowest BCUT2D eigenvalue weighted by molar-refractivity contribution is 0.112. The van der Waals surface area contributed by atoms with Crippen molar-refractivity contribution in [3.63, 3.8) is 0 Å². The predicted molar refractivity (Wildman–Crippen MR) is 142 cm³/mol. The number of para-hydroxylation sites is 1. The number of carbonyl (C=O) groups is 1. The summed E-state index contributed by atoms with van der Waals surface area (Å²) in [6, 6.07) is 20.4. The lowest BCUT2D eigenvalue weighted by atomic mass is 10.1. The van der Waals surface area contributed by atoms with Crippen LogP contribution in [0.4, 0.5) is 5.82 Å². The van der Waals surface area contributed by atoms with Crippen LogP contribution in [0.15, 0.2) is 115 Å². The fraction of sp³-hybridized carbons (Fsp3) is 0.0690. The number of carbonyl (C=O) groups excluding carboxylic acids is 1. The van der Waals surface area contributed by atoms with E-state index in [1.54, 1.807) is 42.6 Å². The molecule has 4 aromatic rings. The third-order valence-corrected chi connectivity index (χ3v) is 5.02. The van der Waals surface area contributed by atoms with Gasteiger partial charge in [0.25, 0.3) is 0 Å². The average Bonchev–Trinajstić information content (AvgIpc) is 2.90. The first-order chi connectivity index (χ1) is 16.6. The van der Waals surface area contributed by atoms with Gasteiger partial charge >= 0.3 is 0 Å². The van der Waals surface area contributed by atoms with Crippen molar-refractivity contribution in [2.24, 2.45) is 0 Å². The lowest BCUT2D eigenvalue weighted by Gasteiger charge is -2.19. The number of aldehydes is 1. The molecule has 0 fully saturated rings. The Balaban J connectivity index is 0.00000158. The van der Waals surface area contributed by atoms with Crippen LogP contribution in [-0.4, -0.2) is 15.8 Å². The molecule has 0 radical (unpaired) electrons. The Bertz CT molecular complexity index is 1420. The number of fused-ring (bicyclic) bond motifs is 1. The SMILES string of the molecule is C=C/C=C(\C=C)Nc1cc(=O)c2cnc(-c3cccc(C=O)c3)cc2n1-c1ccccc1.CC. The van der Waals surface area contributed by atoms with Crippen molar-refractivity contribution in [2.75, 3.05) is 5.32 Å². The number of hydrogen-bond acceptors (Lipinski definition) is 4. The molecule has 0 spiro atoms. The highest BCUT2D eigenvalue weighted by Crippen LogP contribution is 2.27. The summed E-state index contributed by atoms with van der Waals surface area (Å²) in [6.45, 7) is 11.6. The lowest BCUT2D eigenvalue weighted by Crippen LogP contribution is -2.14. The Morgan fingerprint density at radius 2 is 1.76 bits per heavy atom. The number of nitrogens with zero attached hydrogens (tertiary/aromatic N) is 2. The highest BCUT2D eigenvalue weighted by atomic mass is 16.1. The normalized spacial score (nSPS) is 10.7. The number of rotatable bonds is 7. The summed E-state index contributed by atoms with van der Waals surface area (Å²) in [5.74, 6) is 0.584. The molecule has 0 atom stereocenters. The van der Waals surface area contributed by atoms with Gasteiger partial charge in [-0.15, -0.1) is 0 Å². The Labute approximate surface area is 199 Å². The maximum atomic E-state index is 13.0. The molecule has 4 rings (SSSR count). The van der Waals surface area contributed by atoms with Crippen molar-refractivity contribution in [2.45, 2.75) is 13.8 Å². The Kier molecular flexibility index (Phi) is 8.08. The molecule has 0 aliphatic heterocycles. The second kappa shape index (κ2) is 11.4. The summed E-state index contributed by atoms with van der Waals surface area (Å²) in [6.07, 6.45) is 7.47. The van der Waals surface area contributed by atoms with Crippen LogP contribution in [0.2, 0.25) is 0 Å². The van der Waals surface area contributed by atoms with Gasteiger partial charge in [0, 0.05) is 34.8 Å². The Hall–Kier alpha value is -4.51. The number of hydrogen-bond donors (Lipinski definition) is 1. The minimum Gasteiger partial charge on any atom is -0.341 e. The topological polar surface area (TPSA) is 64.0 Å². The summed E-state index contributed by atoms with van der Waals surface area (Å²) in [5, 5.41) is 3.76. The number of allylic oxidation sites excluding steroid dienone is 3. The van der Waals surface area contributed by atoms with Gasteiger partial charge in [0.15, 0.2) is 5.43 Å². The zero-order chi connectivity index (χ0) is 24.5. The predicted octanol–water partition coefficient (Wildman–Crippen LogP) is 6.56. The number of benzene rings is 2. The molecule has 5 nitrogen and oxygen atoms in total. The second-order valence-electron chi connectivity index (χ2n) is 7.08. The molecule has 0 aliphatic rings. The number of anilines is 1. The van der Waals surface area contributed by atoms with Gasteiger partial charge in [-0.3, -0.25) is 19.1 Å². The van der Waals surface area contributed by atoms with Crippen molar-refractivity contribution >= 4 is 23.0 Å². The van der Waals surface area contributed by atoms with Crippen molar-refractivity contribution in [1.29, 1.82) is 0 Å². The van der Waals surface area contributed by atoms with Crippen LogP contribution in [0.5, 0.6) is 0 Å². The van der Waals surface area contributed by atoms with Gasteiger partial charge in [-0.2, -0.15) is 0 Å². The summed E-state index contributed by atoms with van der Waals surface area (Å²) < 4.78 is 1.96. The molecule has 0 unspecified atom stereocenters. The van der Waals surface area contributed by atoms with E-state index < -0.39 is 0 Å². The van der Waals surface area contributed by atoms with Crippen LogP contribution < -0.4 is 10.7 Å². The van der Waals surface area contributed by atoms with E-state index in [1.165, 1.54) is 0 Å². The van der Waals surface area contributed by atoms with Crippen LogP contribution in [0.1, 0.15) is 24.2 Å². The second-order valence-corrected chi connectivity index (χ2v) is 7.08. The molecule has 0 bridgehead atoms. The summed E-state index contributed by atoms with van der Waals surface area (Å²) in [5.41, 5.74) is 4.13. The first kappa shape index (κ1) is 24.1. The van der Waals surface area contributed by atoms with Gasteiger partial charge in [-0.1, -0.05) is 69.5 Å². The van der Waals surface area contributed by atoms with E-state index in [1.807, 2.05) is 66.9 Å². The van der Waals surface area contributed by atoms with E-state index in [4.69, 9.17) is 0 Å². The minimum atomic E-state index is -0.155. The van der Waals surface area contributed by atoms with Crippen LogP contribution in [-0.2, 0) is 0 Å². The van der Waals surface area contributed by atoms with Gasteiger partial charge in [0.1, 0.15) is 12.1 Å². The van der Waals surface area contributed by atoms with Crippen molar-refractivity contribution in [3.8, 4) is 16.9 Å². The van der Waals surface area contributed by atoms with E-state index in [0.29, 0.717) is 33.7 Å². The van der Waals surface area contributed by atoms with Gasteiger partial charge < -0.3 is 5.32 Å². The van der Waals surface area contributed by atoms with E-state index in [2.05, 4.69) is 23.5 Å². The van der Waals surface area contributed by atoms with Gasteiger partial charge in [-0.25, -0.2) is 0 Å².